The van der Waals surface area contributed by atoms with Gasteiger partial charge in [0.2, 0.25) is 5.91 Å². The topological polar surface area (TPSA) is 98.0 Å². The molecule has 1 spiro atoms. The van der Waals surface area contributed by atoms with E-state index in [0.717, 1.165) is 18.3 Å². The first-order valence-electron chi connectivity index (χ1n) is 11.7. The van der Waals surface area contributed by atoms with E-state index in [2.05, 4.69) is 20.2 Å². The fourth-order valence-electron chi connectivity index (χ4n) is 5.15. The second-order valence-corrected chi connectivity index (χ2v) is 9.49. The maximum atomic E-state index is 14.1. The average Bonchev–Trinajstić information content (AvgIpc) is 3.24. The van der Waals surface area contributed by atoms with Crippen LogP contribution in [-0.2, 0) is 16.8 Å². The molecule has 2 atom stereocenters. The van der Waals surface area contributed by atoms with Gasteiger partial charge in [-0.3, -0.25) is 9.69 Å². The first-order valence-corrected chi connectivity index (χ1v) is 11.7. The number of likely N-dealkylation sites (N-methyl/N-ethyl adjacent to an activating group) is 1. The Kier molecular flexibility index (Phi) is 5.88. The molecule has 0 bridgehead atoms. The van der Waals surface area contributed by atoms with Crippen molar-refractivity contribution >= 4 is 17.5 Å². The number of nitrogens with one attached hydrogen (secondary N) is 1. The minimum Gasteiger partial charge on any atom is -0.363 e. The van der Waals surface area contributed by atoms with Crippen LogP contribution in [0.25, 0.3) is 0 Å². The van der Waals surface area contributed by atoms with E-state index in [9.17, 15) is 18.8 Å². The van der Waals surface area contributed by atoms with Gasteiger partial charge < -0.3 is 10.2 Å². The summed E-state index contributed by atoms with van der Waals surface area (Å²) < 4.78 is 27.7. The van der Waals surface area contributed by atoms with Crippen molar-refractivity contribution in [1.82, 2.24) is 19.9 Å². The average molecular weight is 490 g/mol. The third-order valence-corrected chi connectivity index (χ3v) is 6.89. The van der Waals surface area contributed by atoms with Crippen LogP contribution in [0.3, 0.4) is 0 Å². The normalized spacial score (nSPS) is 20.3. The molecule has 0 aliphatic carbocycles. The van der Waals surface area contributed by atoms with Crippen LogP contribution < -0.4 is 10.2 Å². The summed E-state index contributed by atoms with van der Waals surface area (Å²) in [5.74, 6) is 0.284. The minimum atomic E-state index is -0.890. The number of likely N-dealkylation sites (tertiary alicyclic amines) is 1. The van der Waals surface area contributed by atoms with Crippen LogP contribution in [0.4, 0.5) is 20.4 Å². The standard InChI is InChI=1S/C26H25F2N7O/c1-15(18-8-17(11-29)9-20(28)10-18)31-24-21-13-35(22-5-4-19(27)12-30-22)25(36)26(6-7-34(3)14-26)23(21)32-16(2)33-24/h4-5,8-10,12,15H,6-7,13-14H2,1-3H3,(H,31,32,33)/t15-,26?/m1/s1. The Bertz CT molecular complexity index is 1390. The van der Waals surface area contributed by atoms with Gasteiger partial charge in [0.05, 0.1) is 36.1 Å². The Morgan fingerprint density at radius 3 is 2.67 bits per heavy atom. The zero-order chi connectivity index (χ0) is 25.6. The van der Waals surface area contributed by atoms with E-state index in [0.29, 0.717) is 41.7 Å². The maximum absolute atomic E-state index is 14.1. The van der Waals surface area contributed by atoms with Gasteiger partial charge in [0.25, 0.3) is 0 Å². The quantitative estimate of drug-likeness (QED) is 0.598. The summed E-state index contributed by atoms with van der Waals surface area (Å²) in [5.41, 5.74) is 1.35. The number of aryl methyl sites for hydroxylation is 1. The second-order valence-electron chi connectivity index (χ2n) is 9.49. The summed E-state index contributed by atoms with van der Waals surface area (Å²) in [6.07, 6.45) is 1.67. The first-order chi connectivity index (χ1) is 17.2. The summed E-state index contributed by atoms with van der Waals surface area (Å²) in [7, 11) is 1.96. The molecule has 36 heavy (non-hydrogen) atoms. The number of fused-ring (bicyclic) bond motifs is 2. The van der Waals surface area contributed by atoms with Gasteiger partial charge in [-0.25, -0.2) is 23.7 Å². The lowest BCUT2D eigenvalue weighted by molar-refractivity contribution is -0.124. The van der Waals surface area contributed by atoms with Crippen molar-refractivity contribution < 1.29 is 13.6 Å². The van der Waals surface area contributed by atoms with Crippen LogP contribution in [0.5, 0.6) is 0 Å². The summed E-state index contributed by atoms with van der Waals surface area (Å²) in [6, 6.07) is 8.56. The van der Waals surface area contributed by atoms with Crippen molar-refractivity contribution in [3.05, 3.63) is 76.4 Å². The highest BCUT2D eigenvalue weighted by Crippen LogP contribution is 2.44. The molecule has 2 aromatic heterocycles. The van der Waals surface area contributed by atoms with Crippen molar-refractivity contribution in [2.45, 2.75) is 38.3 Å². The predicted molar refractivity (Wildman–Crippen MR) is 129 cm³/mol. The van der Waals surface area contributed by atoms with E-state index >= 15 is 0 Å². The number of amides is 1. The molecule has 8 nitrogen and oxygen atoms in total. The Morgan fingerprint density at radius 1 is 1.19 bits per heavy atom. The van der Waals surface area contributed by atoms with Crippen molar-refractivity contribution in [1.29, 1.82) is 5.26 Å². The Hall–Kier alpha value is -3.97. The minimum absolute atomic E-state index is 0.126. The van der Waals surface area contributed by atoms with E-state index in [-0.39, 0.29) is 24.1 Å². The zero-order valence-electron chi connectivity index (χ0n) is 20.2. The van der Waals surface area contributed by atoms with Gasteiger partial charge in [0, 0.05) is 12.1 Å². The number of nitriles is 1. The van der Waals surface area contributed by atoms with Gasteiger partial charge in [0.15, 0.2) is 0 Å². The summed E-state index contributed by atoms with van der Waals surface area (Å²) in [5, 5.41) is 12.6. The lowest BCUT2D eigenvalue weighted by atomic mass is 9.76. The Morgan fingerprint density at radius 2 is 2.00 bits per heavy atom. The maximum Gasteiger partial charge on any atom is 0.242 e. The molecule has 2 aliphatic heterocycles. The molecule has 1 fully saturated rings. The van der Waals surface area contributed by atoms with Crippen LogP contribution in [0.2, 0.25) is 0 Å². The van der Waals surface area contributed by atoms with Crippen molar-refractivity contribution in [2.24, 2.45) is 0 Å². The van der Waals surface area contributed by atoms with E-state index in [1.807, 2.05) is 20.0 Å². The molecule has 5 rings (SSSR count). The first kappa shape index (κ1) is 23.8. The number of rotatable bonds is 4. The molecule has 1 N–H and O–H groups in total. The number of carbonyl (C=O) groups excluding carboxylic acids is 1. The number of aromatic nitrogens is 3. The number of hydrogen-bond donors (Lipinski definition) is 1. The number of benzene rings is 1. The number of pyridine rings is 1. The van der Waals surface area contributed by atoms with Gasteiger partial charge >= 0.3 is 0 Å². The molecule has 4 heterocycles. The number of anilines is 2. The van der Waals surface area contributed by atoms with Gasteiger partial charge in [-0.1, -0.05) is 0 Å². The van der Waals surface area contributed by atoms with Crippen LogP contribution in [0, 0.1) is 29.9 Å². The van der Waals surface area contributed by atoms with Crippen molar-refractivity contribution in [3.8, 4) is 6.07 Å². The molecule has 1 unspecified atom stereocenters. The molecule has 1 saturated heterocycles. The third kappa shape index (κ3) is 4.05. The third-order valence-electron chi connectivity index (χ3n) is 6.89. The molecule has 0 saturated carbocycles. The van der Waals surface area contributed by atoms with E-state index < -0.39 is 17.0 Å². The molecular formula is C26H25F2N7O. The second kappa shape index (κ2) is 8.91. The summed E-state index contributed by atoms with van der Waals surface area (Å²) >= 11 is 0. The SMILES string of the molecule is Cc1nc(N[C@H](C)c2cc(F)cc(C#N)c2)c2c(n1)C1(CCN(C)C1)C(=O)N(c1ccc(F)cn1)C2. The molecule has 1 aromatic carbocycles. The van der Waals surface area contributed by atoms with E-state index in [1.165, 1.54) is 24.3 Å². The smallest absolute Gasteiger partial charge is 0.242 e. The fraction of sp³-hybridized carbons (Fsp3) is 0.346. The van der Waals surface area contributed by atoms with Crippen LogP contribution >= 0.6 is 0 Å². The van der Waals surface area contributed by atoms with E-state index in [4.69, 9.17) is 4.98 Å². The highest BCUT2D eigenvalue weighted by atomic mass is 19.1. The van der Waals surface area contributed by atoms with Crippen LogP contribution in [0.15, 0.2) is 36.5 Å². The number of carbonyl (C=O) groups is 1. The largest absolute Gasteiger partial charge is 0.363 e. The molecule has 10 heteroatoms. The summed E-state index contributed by atoms with van der Waals surface area (Å²) in [4.78, 5) is 31.1. The number of nitrogens with zero attached hydrogens (tertiary/aromatic N) is 6. The predicted octanol–water partition coefficient (Wildman–Crippen LogP) is 3.62. The molecule has 1 amide bonds. The Labute approximate surface area is 207 Å². The Balaban J connectivity index is 1.61. The van der Waals surface area contributed by atoms with Crippen molar-refractivity contribution in [2.75, 3.05) is 30.4 Å². The van der Waals surface area contributed by atoms with Gasteiger partial charge in [-0.2, -0.15) is 5.26 Å². The van der Waals surface area contributed by atoms with Gasteiger partial charge in [0.1, 0.15) is 34.5 Å². The highest BCUT2D eigenvalue weighted by molar-refractivity contribution is 6.03. The lowest BCUT2D eigenvalue weighted by Gasteiger charge is -2.40. The molecule has 184 valence electrons. The molecule has 2 aliphatic rings. The highest BCUT2D eigenvalue weighted by Gasteiger charge is 2.53. The molecule has 0 radical (unpaired) electrons. The fourth-order valence-corrected chi connectivity index (χ4v) is 5.15. The number of hydrogen-bond acceptors (Lipinski definition) is 7. The molecular weight excluding hydrogens is 464 g/mol. The zero-order valence-corrected chi connectivity index (χ0v) is 20.2. The van der Waals surface area contributed by atoms with Crippen LogP contribution in [-0.4, -0.2) is 45.9 Å². The van der Waals surface area contributed by atoms with Gasteiger partial charge in [-0.05, 0) is 69.8 Å². The van der Waals surface area contributed by atoms with E-state index in [1.54, 1.807) is 17.9 Å². The van der Waals surface area contributed by atoms with Gasteiger partial charge in [-0.15, -0.1) is 0 Å². The van der Waals surface area contributed by atoms with Crippen LogP contribution in [0.1, 0.15) is 47.6 Å². The summed E-state index contributed by atoms with van der Waals surface area (Å²) in [6.45, 7) is 4.99. The molecule has 3 aromatic rings. The van der Waals surface area contributed by atoms with Crippen molar-refractivity contribution in [3.63, 3.8) is 0 Å². The lowest BCUT2D eigenvalue weighted by Crippen LogP contribution is -2.53. The monoisotopic (exact) mass is 489 g/mol. The number of halogens is 2.